The zero-order valence-electron chi connectivity index (χ0n) is 11.8. The van der Waals surface area contributed by atoms with Crippen LogP contribution in [0.15, 0.2) is 0 Å². The molecule has 21 heavy (non-hydrogen) atoms. The van der Waals surface area contributed by atoms with E-state index in [0.29, 0.717) is 32.5 Å². The van der Waals surface area contributed by atoms with Crippen molar-refractivity contribution in [2.45, 2.75) is 25.3 Å². The Hall–Kier alpha value is -1.71. The Balaban J connectivity index is 3.68. The van der Waals surface area contributed by atoms with Gasteiger partial charge in [-0.25, -0.2) is 0 Å². The lowest BCUT2D eigenvalue weighted by molar-refractivity contribution is -0.142. The van der Waals surface area contributed by atoms with Crippen LogP contribution in [0.2, 0.25) is 0 Å². The van der Waals surface area contributed by atoms with Crippen LogP contribution in [-0.2, 0) is 14.4 Å². The summed E-state index contributed by atoms with van der Waals surface area (Å²) in [6.07, 6.45) is 1.83. The third kappa shape index (κ3) is 11.8. The number of hydrogen-bond donors (Lipinski definition) is 5. The van der Waals surface area contributed by atoms with Crippen molar-refractivity contribution in [3.8, 4) is 0 Å². The second kappa shape index (κ2) is 11.0. The van der Waals surface area contributed by atoms with E-state index in [1.807, 2.05) is 0 Å². The fourth-order valence-corrected chi connectivity index (χ4v) is 1.70. The zero-order valence-corrected chi connectivity index (χ0v) is 11.8. The first kappa shape index (κ1) is 19.3. The number of nitrogens with zero attached hydrogens (tertiary/aromatic N) is 1. The quantitative estimate of drug-likeness (QED) is 0.259. The molecule has 0 aliphatic heterocycles. The third-order valence-electron chi connectivity index (χ3n) is 2.76. The summed E-state index contributed by atoms with van der Waals surface area (Å²) in [5, 5.41) is 28.9. The van der Waals surface area contributed by atoms with Crippen molar-refractivity contribution in [2.24, 2.45) is 5.73 Å². The minimum absolute atomic E-state index is 0.313. The summed E-state index contributed by atoms with van der Waals surface area (Å²) in [4.78, 5) is 32.9. The van der Waals surface area contributed by atoms with Crippen molar-refractivity contribution in [1.29, 1.82) is 0 Å². The highest BCUT2D eigenvalue weighted by Gasteiger charge is 2.13. The van der Waals surface area contributed by atoms with Gasteiger partial charge in [0.2, 0.25) is 0 Å². The van der Waals surface area contributed by atoms with Crippen LogP contribution in [0, 0.1) is 0 Å². The van der Waals surface area contributed by atoms with Gasteiger partial charge in [-0.15, -0.1) is 0 Å². The average Bonchev–Trinajstić information content (AvgIpc) is 2.35. The van der Waals surface area contributed by atoms with E-state index in [1.54, 1.807) is 0 Å². The normalized spacial score (nSPS) is 12.3. The molecule has 0 aromatic rings. The summed E-state index contributed by atoms with van der Waals surface area (Å²) in [7, 11) is 0. The van der Waals surface area contributed by atoms with Crippen molar-refractivity contribution in [3.63, 3.8) is 0 Å². The summed E-state index contributed by atoms with van der Waals surface area (Å²) in [6.45, 7) is 0.780. The Bertz CT molecular complexity index is 334. The number of rotatable bonds is 13. The maximum atomic E-state index is 10.6. The lowest BCUT2D eigenvalue weighted by Crippen LogP contribution is -2.39. The number of nitrogens with one attached hydrogen (secondary N) is 1. The molecule has 0 radical (unpaired) electrons. The molecule has 0 aliphatic rings. The Kier molecular flexibility index (Phi) is 10.1. The summed E-state index contributed by atoms with van der Waals surface area (Å²) < 4.78 is 0. The Labute approximate surface area is 122 Å². The molecule has 9 nitrogen and oxygen atoms in total. The van der Waals surface area contributed by atoms with Crippen molar-refractivity contribution in [1.82, 2.24) is 10.2 Å². The van der Waals surface area contributed by atoms with Crippen LogP contribution in [0.4, 0.5) is 0 Å². The molecule has 0 saturated carbocycles. The predicted octanol–water partition coefficient (Wildman–Crippen LogP) is -1.37. The number of hydrogen-bond acceptors (Lipinski definition) is 6. The number of nitrogens with two attached hydrogens (primary N) is 1. The molecule has 0 heterocycles. The lowest BCUT2D eigenvalue weighted by atomic mass is 10.1. The molecule has 0 fully saturated rings. The highest BCUT2D eigenvalue weighted by atomic mass is 16.4. The molecular weight excluding hydrogens is 282 g/mol. The van der Waals surface area contributed by atoms with Gasteiger partial charge >= 0.3 is 17.9 Å². The van der Waals surface area contributed by atoms with Gasteiger partial charge in [-0.3, -0.25) is 19.3 Å². The molecule has 0 aromatic carbocycles. The molecule has 122 valence electrons. The predicted molar refractivity (Wildman–Crippen MR) is 74.0 cm³/mol. The molecule has 9 heteroatoms. The minimum Gasteiger partial charge on any atom is -0.480 e. The minimum atomic E-state index is -1.07. The first-order valence-corrected chi connectivity index (χ1v) is 6.68. The van der Waals surface area contributed by atoms with Crippen LogP contribution in [-0.4, -0.2) is 76.9 Å². The number of carboxylic acid groups (broad SMARTS) is 3. The fourth-order valence-electron chi connectivity index (χ4n) is 1.70. The van der Waals surface area contributed by atoms with Gasteiger partial charge in [-0.1, -0.05) is 6.42 Å². The topological polar surface area (TPSA) is 153 Å². The largest absolute Gasteiger partial charge is 0.480 e. The summed E-state index contributed by atoms with van der Waals surface area (Å²) in [5.41, 5.74) is 5.35. The molecular formula is C12H23N3O6. The van der Waals surface area contributed by atoms with E-state index in [0.717, 1.165) is 6.42 Å². The average molecular weight is 305 g/mol. The van der Waals surface area contributed by atoms with Crippen LogP contribution in [0.5, 0.6) is 0 Å². The van der Waals surface area contributed by atoms with Crippen LogP contribution in [0.3, 0.4) is 0 Å². The van der Waals surface area contributed by atoms with Gasteiger partial charge in [0.1, 0.15) is 6.04 Å². The number of carbonyl (C=O) groups is 3. The standard InChI is InChI=1S/C12H23N3O6/c13-9(12(20)21)3-1-2-4-14-5-6-15(7-10(16)17)8-11(18)19/h9,14H,1-8,13H2,(H,16,17)(H,18,19)(H,20,21)/t9-/m0/s1. The molecule has 0 spiro atoms. The van der Waals surface area contributed by atoms with E-state index in [-0.39, 0.29) is 13.1 Å². The summed E-state index contributed by atoms with van der Waals surface area (Å²) >= 11 is 0. The highest BCUT2D eigenvalue weighted by Crippen LogP contribution is 1.98. The van der Waals surface area contributed by atoms with Gasteiger partial charge < -0.3 is 26.4 Å². The maximum Gasteiger partial charge on any atom is 0.320 e. The second-order valence-electron chi connectivity index (χ2n) is 4.69. The van der Waals surface area contributed by atoms with Crippen LogP contribution in [0.1, 0.15) is 19.3 Å². The van der Waals surface area contributed by atoms with Crippen molar-refractivity contribution >= 4 is 17.9 Å². The molecule has 0 saturated heterocycles. The lowest BCUT2D eigenvalue weighted by Gasteiger charge is -2.18. The smallest absolute Gasteiger partial charge is 0.320 e. The molecule has 0 unspecified atom stereocenters. The van der Waals surface area contributed by atoms with Crippen molar-refractivity contribution in [2.75, 3.05) is 32.7 Å². The Morgan fingerprint density at radius 1 is 1.00 bits per heavy atom. The first-order valence-electron chi connectivity index (χ1n) is 6.68. The Morgan fingerprint density at radius 3 is 2.05 bits per heavy atom. The first-order chi connectivity index (χ1) is 9.82. The van der Waals surface area contributed by atoms with Crippen molar-refractivity contribution < 1.29 is 29.7 Å². The van der Waals surface area contributed by atoms with E-state index < -0.39 is 23.9 Å². The van der Waals surface area contributed by atoms with Crippen LogP contribution >= 0.6 is 0 Å². The molecule has 6 N–H and O–H groups in total. The molecule has 0 aromatic heterocycles. The van der Waals surface area contributed by atoms with Crippen LogP contribution in [0.25, 0.3) is 0 Å². The summed E-state index contributed by atoms with van der Waals surface area (Å²) in [5.74, 6) is -3.15. The fraction of sp³-hybridized carbons (Fsp3) is 0.750. The van der Waals surface area contributed by atoms with E-state index in [4.69, 9.17) is 21.1 Å². The van der Waals surface area contributed by atoms with E-state index in [2.05, 4.69) is 5.32 Å². The van der Waals surface area contributed by atoms with Gasteiger partial charge in [0, 0.05) is 13.1 Å². The van der Waals surface area contributed by atoms with Gasteiger partial charge in [0.15, 0.2) is 0 Å². The molecule has 0 amide bonds. The Morgan fingerprint density at radius 2 is 1.57 bits per heavy atom. The van der Waals surface area contributed by atoms with Gasteiger partial charge in [-0.2, -0.15) is 0 Å². The van der Waals surface area contributed by atoms with E-state index >= 15 is 0 Å². The molecule has 0 rings (SSSR count). The number of carboxylic acids is 3. The van der Waals surface area contributed by atoms with E-state index in [9.17, 15) is 14.4 Å². The second-order valence-corrected chi connectivity index (χ2v) is 4.69. The third-order valence-corrected chi connectivity index (χ3v) is 2.76. The number of unbranched alkanes of at least 4 members (excludes halogenated alkanes) is 1. The van der Waals surface area contributed by atoms with Gasteiger partial charge in [0.05, 0.1) is 13.1 Å². The number of aliphatic carboxylic acids is 3. The maximum absolute atomic E-state index is 10.6. The summed E-state index contributed by atoms with van der Waals surface area (Å²) in [6, 6.07) is -0.841. The monoisotopic (exact) mass is 305 g/mol. The molecule has 0 bridgehead atoms. The SMILES string of the molecule is N[C@@H](CCCCNCCN(CC(=O)O)CC(=O)O)C(=O)O. The highest BCUT2D eigenvalue weighted by molar-refractivity contribution is 5.73. The molecule has 0 aliphatic carbocycles. The van der Waals surface area contributed by atoms with E-state index in [1.165, 1.54) is 4.90 Å². The molecule has 1 atom stereocenters. The zero-order chi connectivity index (χ0) is 16.3. The van der Waals surface area contributed by atoms with Gasteiger partial charge in [0.25, 0.3) is 0 Å². The van der Waals surface area contributed by atoms with Gasteiger partial charge in [-0.05, 0) is 19.4 Å². The van der Waals surface area contributed by atoms with Crippen LogP contribution < -0.4 is 11.1 Å². The van der Waals surface area contributed by atoms with Crippen molar-refractivity contribution in [3.05, 3.63) is 0 Å².